The van der Waals surface area contributed by atoms with Crippen molar-refractivity contribution in [2.24, 2.45) is 5.92 Å². The van der Waals surface area contributed by atoms with Crippen LogP contribution in [0.5, 0.6) is 0 Å². The Kier molecular flexibility index (Phi) is 6.46. The normalized spacial score (nSPS) is 19.8. The molecule has 0 aliphatic carbocycles. The number of pyridine rings is 1. The number of anilines is 1. The molecule has 0 bridgehead atoms. The zero-order valence-electron chi connectivity index (χ0n) is 17.2. The number of hydrogen-bond donors (Lipinski definition) is 1. The number of aromatic nitrogens is 6. The number of carbonyl (C=O) groups is 1. The lowest BCUT2D eigenvalue weighted by Gasteiger charge is -2.40. The first-order valence-corrected chi connectivity index (χ1v) is 10.9. The molecule has 0 radical (unpaired) electrons. The van der Waals surface area contributed by atoms with Crippen molar-refractivity contribution in [1.29, 1.82) is 0 Å². The summed E-state index contributed by atoms with van der Waals surface area (Å²) in [5.41, 5.74) is 1.61. The van der Waals surface area contributed by atoms with E-state index in [1.165, 1.54) is 17.2 Å². The fourth-order valence-corrected chi connectivity index (χ4v) is 4.59. The van der Waals surface area contributed by atoms with Gasteiger partial charge in [0.15, 0.2) is 6.29 Å². The molecule has 0 amide bonds. The van der Waals surface area contributed by atoms with E-state index in [0.29, 0.717) is 42.3 Å². The predicted octanol–water partition coefficient (Wildman–Crippen LogP) is 3.06. The molecule has 170 valence electrons. The summed E-state index contributed by atoms with van der Waals surface area (Å²) in [5, 5.41) is 17.3. The summed E-state index contributed by atoms with van der Waals surface area (Å²) < 4.78 is 38.4. The minimum Gasteiger partial charge on any atom is -0.358 e. The maximum Gasteiger partial charge on any atom is 0.445 e. The topological polar surface area (TPSA) is 102 Å². The highest BCUT2D eigenvalue weighted by Gasteiger charge is 2.36. The Morgan fingerprint density at radius 1 is 1.25 bits per heavy atom. The Hall–Kier alpha value is -2.93. The first kappa shape index (κ1) is 22.3. The van der Waals surface area contributed by atoms with Gasteiger partial charge in [-0.1, -0.05) is 18.3 Å². The van der Waals surface area contributed by atoms with Gasteiger partial charge in [-0.05, 0) is 36.9 Å². The SMILES string of the molecule is C[C@@H]1CCCN(Cc2ccnc(C=O)c2-n2nccn2)[C@@H]1CNc1nnc(C(F)(F)F)s1. The molecule has 4 heterocycles. The summed E-state index contributed by atoms with van der Waals surface area (Å²) in [6.45, 7) is 3.87. The van der Waals surface area contributed by atoms with Crippen LogP contribution >= 0.6 is 11.3 Å². The first-order valence-electron chi connectivity index (χ1n) is 10.0. The lowest BCUT2D eigenvalue weighted by atomic mass is 9.90. The molecular formula is C19H21F3N8OS. The van der Waals surface area contributed by atoms with Crippen molar-refractivity contribution < 1.29 is 18.0 Å². The average Bonchev–Trinajstić information content (AvgIpc) is 3.45. The van der Waals surface area contributed by atoms with Crippen LogP contribution in [0, 0.1) is 5.92 Å². The van der Waals surface area contributed by atoms with Crippen molar-refractivity contribution in [3.8, 4) is 5.69 Å². The maximum absolute atomic E-state index is 12.8. The highest BCUT2D eigenvalue weighted by molar-refractivity contribution is 7.15. The van der Waals surface area contributed by atoms with Crippen LogP contribution in [0.1, 0.15) is 40.8 Å². The second kappa shape index (κ2) is 9.28. The van der Waals surface area contributed by atoms with E-state index >= 15 is 0 Å². The van der Waals surface area contributed by atoms with Gasteiger partial charge < -0.3 is 5.32 Å². The van der Waals surface area contributed by atoms with Crippen LogP contribution in [0.3, 0.4) is 0 Å². The summed E-state index contributed by atoms with van der Waals surface area (Å²) in [6.07, 6.45) is 2.80. The number of aldehydes is 1. The van der Waals surface area contributed by atoms with Crippen LogP contribution in [0.4, 0.5) is 18.3 Å². The van der Waals surface area contributed by atoms with E-state index in [9.17, 15) is 18.0 Å². The van der Waals surface area contributed by atoms with Gasteiger partial charge in [0.1, 0.15) is 11.4 Å². The van der Waals surface area contributed by atoms with Gasteiger partial charge in [0.25, 0.3) is 0 Å². The van der Waals surface area contributed by atoms with Crippen LogP contribution < -0.4 is 5.32 Å². The van der Waals surface area contributed by atoms with Gasteiger partial charge in [-0.15, -0.1) is 15.0 Å². The molecule has 1 N–H and O–H groups in total. The van der Waals surface area contributed by atoms with E-state index in [-0.39, 0.29) is 16.9 Å². The number of hydrogen-bond acceptors (Lipinski definition) is 9. The van der Waals surface area contributed by atoms with Gasteiger partial charge in [-0.25, -0.2) is 0 Å². The smallest absolute Gasteiger partial charge is 0.358 e. The molecule has 32 heavy (non-hydrogen) atoms. The molecule has 1 aliphatic heterocycles. The van der Waals surface area contributed by atoms with Crippen molar-refractivity contribution in [3.63, 3.8) is 0 Å². The highest BCUT2D eigenvalue weighted by Crippen LogP contribution is 2.33. The van der Waals surface area contributed by atoms with Crippen LogP contribution in [-0.4, -0.2) is 60.5 Å². The lowest BCUT2D eigenvalue weighted by molar-refractivity contribution is -0.138. The maximum atomic E-state index is 12.8. The second-order valence-electron chi connectivity index (χ2n) is 7.59. The van der Waals surface area contributed by atoms with E-state index in [2.05, 4.69) is 42.5 Å². The number of nitrogens with one attached hydrogen (secondary N) is 1. The van der Waals surface area contributed by atoms with E-state index in [0.717, 1.165) is 24.9 Å². The molecule has 0 aromatic carbocycles. The van der Waals surface area contributed by atoms with Gasteiger partial charge in [0.05, 0.1) is 12.4 Å². The predicted molar refractivity (Wildman–Crippen MR) is 111 cm³/mol. The number of nitrogens with zero attached hydrogens (tertiary/aromatic N) is 7. The average molecular weight is 466 g/mol. The second-order valence-corrected chi connectivity index (χ2v) is 8.57. The third-order valence-corrected chi connectivity index (χ3v) is 6.43. The number of carbonyl (C=O) groups excluding carboxylic acids is 1. The Balaban J connectivity index is 1.54. The third-order valence-electron chi connectivity index (χ3n) is 5.50. The standard InChI is InChI=1S/C19H21F3N8OS/c1-12-3-2-8-29(15(12)9-24-18-28-27-17(32-18)19(20,21)22)10-13-4-5-23-14(11-31)16(13)30-25-6-7-26-30/h4-7,11-12,15H,2-3,8-10H2,1H3,(H,24,28)/t12-,15-/m1/s1. The van der Waals surface area contributed by atoms with Gasteiger partial charge in [0, 0.05) is 25.3 Å². The van der Waals surface area contributed by atoms with E-state index < -0.39 is 11.2 Å². The fraction of sp³-hybridized carbons (Fsp3) is 0.474. The molecule has 9 nitrogen and oxygen atoms in total. The lowest BCUT2D eigenvalue weighted by Crippen LogP contribution is -2.47. The van der Waals surface area contributed by atoms with Gasteiger partial charge >= 0.3 is 6.18 Å². The van der Waals surface area contributed by atoms with E-state index in [1.807, 2.05) is 6.07 Å². The van der Waals surface area contributed by atoms with E-state index in [4.69, 9.17) is 0 Å². The number of likely N-dealkylation sites (tertiary alicyclic amines) is 1. The summed E-state index contributed by atoms with van der Waals surface area (Å²) in [4.78, 5) is 19.3. The van der Waals surface area contributed by atoms with Gasteiger partial charge in [0.2, 0.25) is 10.1 Å². The molecule has 4 rings (SSSR count). The number of alkyl halides is 3. The molecule has 13 heteroatoms. The molecule has 1 fully saturated rings. The Morgan fingerprint density at radius 2 is 2.03 bits per heavy atom. The van der Waals surface area contributed by atoms with Gasteiger partial charge in [-0.2, -0.15) is 23.4 Å². The minimum atomic E-state index is -4.50. The van der Waals surface area contributed by atoms with Crippen molar-refractivity contribution >= 4 is 22.8 Å². The minimum absolute atomic E-state index is 0.0493. The van der Waals surface area contributed by atoms with Crippen molar-refractivity contribution in [2.75, 3.05) is 18.4 Å². The summed E-state index contributed by atoms with van der Waals surface area (Å²) >= 11 is 0.497. The Labute approximate surface area is 185 Å². The van der Waals surface area contributed by atoms with Crippen molar-refractivity contribution in [2.45, 2.75) is 38.5 Å². The van der Waals surface area contributed by atoms with Crippen LogP contribution in [-0.2, 0) is 12.7 Å². The number of piperidine rings is 1. The number of rotatable bonds is 7. The van der Waals surface area contributed by atoms with Crippen molar-refractivity contribution in [3.05, 3.63) is 40.9 Å². The third kappa shape index (κ3) is 4.78. The van der Waals surface area contributed by atoms with Gasteiger partial charge in [-0.3, -0.25) is 14.7 Å². The quantitative estimate of drug-likeness (QED) is 0.530. The van der Waals surface area contributed by atoms with Crippen molar-refractivity contribution in [1.82, 2.24) is 35.1 Å². The van der Waals surface area contributed by atoms with Crippen LogP contribution in [0.2, 0.25) is 0 Å². The molecule has 2 atom stereocenters. The summed E-state index contributed by atoms with van der Waals surface area (Å²) in [5.74, 6) is 0.310. The zero-order chi connectivity index (χ0) is 22.7. The Bertz CT molecular complexity index is 1060. The fourth-order valence-electron chi connectivity index (χ4n) is 3.97. The number of halogens is 3. The Morgan fingerprint density at radius 3 is 2.72 bits per heavy atom. The highest BCUT2D eigenvalue weighted by atomic mass is 32.1. The molecule has 1 saturated heterocycles. The zero-order valence-corrected chi connectivity index (χ0v) is 18.0. The monoisotopic (exact) mass is 466 g/mol. The van der Waals surface area contributed by atoms with E-state index in [1.54, 1.807) is 6.20 Å². The molecule has 3 aromatic heterocycles. The van der Waals surface area contributed by atoms with Crippen LogP contribution in [0.25, 0.3) is 5.69 Å². The van der Waals surface area contributed by atoms with Crippen LogP contribution in [0.15, 0.2) is 24.7 Å². The first-order chi connectivity index (χ1) is 15.4. The molecule has 1 aliphatic rings. The molecule has 3 aromatic rings. The summed E-state index contributed by atoms with van der Waals surface area (Å²) in [7, 11) is 0. The molecule has 0 spiro atoms. The molecule has 0 unspecified atom stereocenters. The largest absolute Gasteiger partial charge is 0.445 e. The molecular weight excluding hydrogens is 445 g/mol. The molecule has 0 saturated carbocycles. The summed E-state index contributed by atoms with van der Waals surface area (Å²) in [6, 6.07) is 1.88.